The van der Waals surface area contributed by atoms with Gasteiger partial charge in [-0.3, -0.25) is 4.99 Å². The van der Waals surface area contributed by atoms with Crippen molar-refractivity contribution in [1.29, 1.82) is 0 Å². The topological polar surface area (TPSA) is 62.3 Å². The highest BCUT2D eigenvalue weighted by molar-refractivity contribution is 8.14. The van der Waals surface area contributed by atoms with Gasteiger partial charge in [-0.15, -0.1) is 0 Å². The summed E-state index contributed by atoms with van der Waals surface area (Å²) in [5.74, 6) is 0.702. The SMILES string of the molecule is C1=NC2=NC=NC2C(Sc2ccccn2)=N1. The molecule has 3 rings (SSSR count). The van der Waals surface area contributed by atoms with Gasteiger partial charge in [-0.05, 0) is 12.1 Å². The Morgan fingerprint density at radius 2 is 2.12 bits per heavy atom. The first-order valence-corrected chi connectivity index (χ1v) is 5.53. The fourth-order valence-corrected chi connectivity index (χ4v) is 2.24. The molecule has 6 heteroatoms. The number of aliphatic imine (C=N–C) groups is 4. The van der Waals surface area contributed by atoms with Crippen molar-refractivity contribution in [2.75, 3.05) is 0 Å². The lowest BCUT2D eigenvalue weighted by molar-refractivity contribution is 1.13. The van der Waals surface area contributed by atoms with Crippen molar-refractivity contribution in [3.05, 3.63) is 24.4 Å². The van der Waals surface area contributed by atoms with Crippen LogP contribution >= 0.6 is 11.8 Å². The second kappa shape index (κ2) is 3.97. The van der Waals surface area contributed by atoms with E-state index in [4.69, 9.17) is 0 Å². The lowest BCUT2D eigenvalue weighted by atomic mass is 10.3. The third-order valence-electron chi connectivity index (χ3n) is 2.11. The van der Waals surface area contributed by atoms with Crippen LogP contribution in [-0.2, 0) is 0 Å². The Hall–Kier alpha value is -1.82. The first-order chi connectivity index (χ1) is 7.93. The zero-order valence-electron chi connectivity index (χ0n) is 8.19. The van der Waals surface area contributed by atoms with Gasteiger partial charge in [-0.2, -0.15) is 0 Å². The minimum Gasteiger partial charge on any atom is -0.255 e. The van der Waals surface area contributed by atoms with E-state index >= 15 is 0 Å². The highest BCUT2D eigenvalue weighted by Gasteiger charge is 2.26. The number of fused-ring (bicyclic) bond motifs is 1. The Morgan fingerprint density at radius 1 is 1.12 bits per heavy atom. The van der Waals surface area contributed by atoms with Crippen LogP contribution < -0.4 is 0 Å². The van der Waals surface area contributed by atoms with E-state index in [1.807, 2.05) is 18.2 Å². The molecule has 0 spiro atoms. The highest BCUT2D eigenvalue weighted by atomic mass is 32.2. The van der Waals surface area contributed by atoms with Crippen LogP contribution in [0, 0.1) is 0 Å². The molecule has 2 aliphatic rings. The fourth-order valence-electron chi connectivity index (χ4n) is 1.39. The van der Waals surface area contributed by atoms with Crippen molar-refractivity contribution >= 4 is 35.3 Å². The summed E-state index contributed by atoms with van der Waals surface area (Å²) in [6.45, 7) is 0. The van der Waals surface area contributed by atoms with Crippen LogP contribution in [0.25, 0.3) is 0 Å². The first kappa shape index (κ1) is 9.41. The molecule has 0 radical (unpaired) electrons. The van der Waals surface area contributed by atoms with Crippen LogP contribution in [0.4, 0.5) is 0 Å². The maximum atomic E-state index is 4.23. The highest BCUT2D eigenvalue weighted by Crippen LogP contribution is 2.23. The van der Waals surface area contributed by atoms with E-state index in [0.29, 0.717) is 5.84 Å². The number of nitrogens with zero attached hydrogens (tertiary/aromatic N) is 5. The predicted molar refractivity (Wildman–Crippen MR) is 65.7 cm³/mol. The summed E-state index contributed by atoms with van der Waals surface area (Å²) in [6, 6.07) is 5.63. The van der Waals surface area contributed by atoms with Crippen LogP contribution in [0.2, 0.25) is 0 Å². The number of thioether (sulfide) groups is 1. The molecule has 0 bridgehead atoms. The second-order valence-corrected chi connectivity index (χ2v) is 4.18. The number of amidine groups is 1. The molecule has 0 aromatic carbocycles. The maximum Gasteiger partial charge on any atom is 0.163 e. The molecule has 1 atom stereocenters. The molecule has 78 valence electrons. The molecule has 0 saturated heterocycles. The van der Waals surface area contributed by atoms with E-state index in [0.717, 1.165) is 10.1 Å². The summed E-state index contributed by atoms with van der Waals surface area (Å²) in [6.07, 6.45) is 4.79. The van der Waals surface area contributed by atoms with Crippen molar-refractivity contribution in [3.8, 4) is 0 Å². The summed E-state index contributed by atoms with van der Waals surface area (Å²) in [5.41, 5.74) is 0. The fraction of sp³-hybridized carbons (Fsp3) is 0.100. The van der Waals surface area contributed by atoms with E-state index in [1.165, 1.54) is 24.4 Å². The Morgan fingerprint density at radius 3 is 3.00 bits per heavy atom. The van der Waals surface area contributed by atoms with E-state index in [2.05, 4.69) is 25.0 Å². The summed E-state index contributed by atoms with van der Waals surface area (Å²) >= 11 is 1.49. The van der Waals surface area contributed by atoms with Gasteiger partial charge in [0.1, 0.15) is 22.7 Å². The van der Waals surface area contributed by atoms with Crippen LogP contribution in [0.5, 0.6) is 0 Å². The molecule has 2 aliphatic heterocycles. The van der Waals surface area contributed by atoms with Crippen molar-refractivity contribution < 1.29 is 0 Å². The van der Waals surface area contributed by atoms with Gasteiger partial charge in [0.2, 0.25) is 0 Å². The number of pyridine rings is 1. The summed E-state index contributed by atoms with van der Waals surface area (Å²) in [7, 11) is 0. The normalized spacial score (nSPS) is 21.6. The van der Waals surface area contributed by atoms with E-state index < -0.39 is 0 Å². The molecule has 0 aliphatic carbocycles. The average Bonchev–Trinajstić information content (AvgIpc) is 2.80. The third kappa shape index (κ3) is 1.67. The van der Waals surface area contributed by atoms with Gasteiger partial charge in [0, 0.05) is 6.20 Å². The maximum absolute atomic E-state index is 4.23. The van der Waals surface area contributed by atoms with Gasteiger partial charge in [-0.1, -0.05) is 17.8 Å². The summed E-state index contributed by atoms with van der Waals surface area (Å²) in [4.78, 5) is 20.8. The van der Waals surface area contributed by atoms with Crippen LogP contribution in [0.3, 0.4) is 0 Å². The number of hydrogen-bond acceptors (Lipinski definition) is 6. The lowest BCUT2D eigenvalue weighted by Gasteiger charge is -2.12. The van der Waals surface area contributed by atoms with Gasteiger partial charge in [0.15, 0.2) is 11.9 Å². The zero-order chi connectivity index (χ0) is 10.8. The van der Waals surface area contributed by atoms with E-state index in [-0.39, 0.29) is 6.04 Å². The number of hydrogen-bond donors (Lipinski definition) is 0. The van der Waals surface area contributed by atoms with E-state index in [1.54, 1.807) is 6.20 Å². The van der Waals surface area contributed by atoms with Crippen LogP contribution in [-0.4, -0.2) is 34.6 Å². The van der Waals surface area contributed by atoms with Crippen LogP contribution in [0.15, 0.2) is 49.4 Å². The van der Waals surface area contributed by atoms with Crippen molar-refractivity contribution in [1.82, 2.24) is 4.98 Å². The monoisotopic (exact) mass is 229 g/mol. The molecule has 1 aromatic heterocycles. The molecule has 0 N–H and O–H groups in total. The summed E-state index contributed by atoms with van der Waals surface area (Å²) in [5, 5.41) is 1.76. The molecule has 5 nitrogen and oxygen atoms in total. The van der Waals surface area contributed by atoms with Gasteiger partial charge < -0.3 is 0 Å². The number of rotatable bonds is 1. The minimum atomic E-state index is -0.142. The van der Waals surface area contributed by atoms with Crippen molar-refractivity contribution in [2.45, 2.75) is 11.1 Å². The first-order valence-electron chi connectivity index (χ1n) is 4.72. The molecule has 16 heavy (non-hydrogen) atoms. The Labute approximate surface area is 96.2 Å². The lowest BCUT2D eigenvalue weighted by Crippen LogP contribution is -2.25. The van der Waals surface area contributed by atoms with Gasteiger partial charge >= 0.3 is 0 Å². The van der Waals surface area contributed by atoms with Gasteiger partial charge in [0.05, 0.1) is 0 Å². The number of aromatic nitrogens is 1. The summed E-state index contributed by atoms with van der Waals surface area (Å²) < 4.78 is 0. The molecule has 0 saturated carbocycles. The molecular formula is C10H7N5S. The molecule has 1 unspecified atom stereocenters. The zero-order valence-corrected chi connectivity index (χ0v) is 9.00. The molecule has 3 heterocycles. The standard InChI is InChI=1S/C10H7N5S/c1-2-4-11-7(3-1)16-10-8-9(13-5-12-8)14-6-15-10/h1-6,8H. The Bertz CT molecular complexity index is 517. The van der Waals surface area contributed by atoms with Crippen LogP contribution in [0.1, 0.15) is 0 Å². The van der Waals surface area contributed by atoms with E-state index in [9.17, 15) is 0 Å². The van der Waals surface area contributed by atoms with Crippen molar-refractivity contribution in [3.63, 3.8) is 0 Å². The minimum absolute atomic E-state index is 0.142. The average molecular weight is 229 g/mol. The predicted octanol–water partition coefficient (Wildman–Crippen LogP) is 1.42. The molecule has 1 aromatic rings. The molecule has 0 fully saturated rings. The quantitative estimate of drug-likeness (QED) is 0.731. The molecular weight excluding hydrogens is 222 g/mol. The molecule has 0 amide bonds. The van der Waals surface area contributed by atoms with Gasteiger partial charge in [-0.25, -0.2) is 20.0 Å². The second-order valence-electron chi connectivity index (χ2n) is 3.14. The Balaban J connectivity index is 1.86. The third-order valence-corrected chi connectivity index (χ3v) is 3.09. The smallest absolute Gasteiger partial charge is 0.163 e. The van der Waals surface area contributed by atoms with Crippen molar-refractivity contribution in [2.24, 2.45) is 20.0 Å². The van der Waals surface area contributed by atoms with Gasteiger partial charge in [0.25, 0.3) is 0 Å². The Kier molecular flexibility index (Phi) is 2.34. The largest absolute Gasteiger partial charge is 0.255 e.